The van der Waals surface area contributed by atoms with Crippen LogP contribution in [0.2, 0.25) is 0 Å². The van der Waals surface area contributed by atoms with Gasteiger partial charge >= 0.3 is 6.09 Å². The van der Waals surface area contributed by atoms with E-state index in [0.717, 1.165) is 29.8 Å². The van der Waals surface area contributed by atoms with Crippen LogP contribution in [-0.2, 0) is 18.3 Å². The molecule has 9 heteroatoms. The molecular formula is C17H29BrIN5O2. The van der Waals surface area contributed by atoms with E-state index in [2.05, 4.69) is 47.1 Å². The van der Waals surface area contributed by atoms with Gasteiger partial charge in [-0.05, 0) is 47.7 Å². The number of hydrogen-bond donors (Lipinski definition) is 2. The lowest BCUT2D eigenvalue weighted by atomic mass is 10.2. The van der Waals surface area contributed by atoms with Gasteiger partial charge in [0, 0.05) is 44.1 Å². The smallest absolute Gasteiger partial charge is 0.407 e. The van der Waals surface area contributed by atoms with Crippen molar-refractivity contribution in [3.8, 4) is 0 Å². The number of carbonyl (C=O) groups is 1. The zero-order valence-corrected chi connectivity index (χ0v) is 19.7. The molecule has 1 aliphatic rings. The van der Waals surface area contributed by atoms with Gasteiger partial charge in [-0.25, -0.2) is 4.79 Å². The SMILES string of the molecule is CCOC(=O)NC(CNC(=NC)N(C)Cc1cc(Br)cn1C)C1CC1.I. The van der Waals surface area contributed by atoms with Crippen LogP contribution in [0.25, 0.3) is 0 Å². The minimum absolute atomic E-state index is 0. The first kappa shape index (κ1) is 23.1. The summed E-state index contributed by atoms with van der Waals surface area (Å²) in [7, 11) is 5.79. The Morgan fingerprint density at radius 2 is 2.23 bits per heavy atom. The fourth-order valence-corrected chi connectivity index (χ4v) is 3.36. The molecule has 0 bridgehead atoms. The summed E-state index contributed by atoms with van der Waals surface area (Å²) in [6, 6.07) is 2.16. The van der Waals surface area contributed by atoms with Crippen LogP contribution in [0.3, 0.4) is 0 Å². The summed E-state index contributed by atoms with van der Waals surface area (Å²) in [6.45, 7) is 3.56. The number of hydrogen-bond acceptors (Lipinski definition) is 3. The van der Waals surface area contributed by atoms with E-state index in [4.69, 9.17) is 4.74 Å². The number of guanidine groups is 1. The van der Waals surface area contributed by atoms with Crippen molar-refractivity contribution < 1.29 is 9.53 Å². The van der Waals surface area contributed by atoms with E-state index in [0.29, 0.717) is 19.1 Å². The molecule has 26 heavy (non-hydrogen) atoms. The fraction of sp³-hybridized carbons (Fsp3) is 0.647. The van der Waals surface area contributed by atoms with Gasteiger partial charge in [-0.2, -0.15) is 0 Å². The molecule has 1 saturated carbocycles. The highest BCUT2D eigenvalue weighted by Crippen LogP contribution is 2.32. The van der Waals surface area contributed by atoms with Gasteiger partial charge in [-0.15, -0.1) is 24.0 Å². The van der Waals surface area contributed by atoms with Crippen LogP contribution in [0.5, 0.6) is 0 Å². The van der Waals surface area contributed by atoms with E-state index >= 15 is 0 Å². The number of halogens is 2. The third-order valence-corrected chi connectivity index (χ3v) is 4.73. The van der Waals surface area contributed by atoms with E-state index in [1.165, 1.54) is 5.69 Å². The normalized spacial score (nSPS) is 15.0. The molecule has 1 aliphatic carbocycles. The van der Waals surface area contributed by atoms with Crippen LogP contribution in [0.15, 0.2) is 21.7 Å². The summed E-state index contributed by atoms with van der Waals surface area (Å²) in [5.41, 5.74) is 1.18. The number of carbonyl (C=O) groups excluding carboxylic acids is 1. The number of aliphatic imine (C=N–C) groups is 1. The molecule has 1 aromatic heterocycles. The molecular weight excluding hydrogens is 513 g/mol. The van der Waals surface area contributed by atoms with Crippen LogP contribution in [0.4, 0.5) is 4.79 Å². The summed E-state index contributed by atoms with van der Waals surface area (Å²) in [5.74, 6) is 1.32. The van der Waals surface area contributed by atoms with Crippen LogP contribution in [-0.4, -0.2) is 54.8 Å². The lowest BCUT2D eigenvalue weighted by Crippen LogP contribution is -2.48. The number of amides is 1. The van der Waals surface area contributed by atoms with Gasteiger partial charge in [0.15, 0.2) is 5.96 Å². The van der Waals surface area contributed by atoms with Gasteiger partial charge in [-0.1, -0.05) is 0 Å². The van der Waals surface area contributed by atoms with Crippen molar-refractivity contribution in [2.45, 2.75) is 32.4 Å². The topological polar surface area (TPSA) is 70.9 Å². The third kappa shape index (κ3) is 6.98. The van der Waals surface area contributed by atoms with Crippen LogP contribution in [0.1, 0.15) is 25.5 Å². The Hall–Kier alpha value is -0.970. The highest BCUT2D eigenvalue weighted by atomic mass is 127. The molecule has 1 heterocycles. The van der Waals surface area contributed by atoms with Gasteiger partial charge in [0.25, 0.3) is 0 Å². The molecule has 1 unspecified atom stereocenters. The molecule has 7 nitrogen and oxygen atoms in total. The number of nitrogens with one attached hydrogen (secondary N) is 2. The van der Waals surface area contributed by atoms with Gasteiger partial charge in [0.05, 0.1) is 19.2 Å². The standard InChI is InChI=1S/C17H28BrN5O2.HI/c1-5-25-17(24)21-15(12-6-7-12)9-20-16(19-2)23(4)11-14-8-13(18)10-22(14)3;/h8,10,12,15H,5-7,9,11H2,1-4H3,(H,19,20)(H,21,24);1H. The largest absolute Gasteiger partial charge is 0.450 e. The van der Waals surface area contributed by atoms with Crippen molar-refractivity contribution in [3.05, 3.63) is 22.4 Å². The van der Waals surface area contributed by atoms with Gasteiger partial charge in [0.1, 0.15) is 0 Å². The fourth-order valence-electron chi connectivity index (χ4n) is 2.79. The first-order chi connectivity index (χ1) is 11.9. The molecule has 0 radical (unpaired) electrons. The second-order valence-electron chi connectivity index (χ2n) is 6.35. The Kier molecular flexibility index (Phi) is 9.77. The van der Waals surface area contributed by atoms with Crippen molar-refractivity contribution in [1.82, 2.24) is 20.1 Å². The van der Waals surface area contributed by atoms with E-state index in [-0.39, 0.29) is 36.1 Å². The second-order valence-corrected chi connectivity index (χ2v) is 7.27. The molecule has 0 spiro atoms. The van der Waals surface area contributed by atoms with Gasteiger partial charge < -0.3 is 24.8 Å². The van der Waals surface area contributed by atoms with E-state index in [1.54, 1.807) is 7.05 Å². The van der Waals surface area contributed by atoms with Crippen molar-refractivity contribution in [1.29, 1.82) is 0 Å². The Balaban J connectivity index is 0.00000338. The molecule has 2 N–H and O–H groups in total. The molecule has 0 aromatic carbocycles. The number of aryl methyl sites for hydroxylation is 1. The minimum Gasteiger partial charge on any atom is -0.450 e. The lowest BCUT2D eigenvalue weighted by molar-refractivity contribution is 0.146. The maximum Gasteiger partial charge on any atom is 0.407 e. The maximum absolute atomic E-state index is 11.7. The number of alkyl carbamates (subject to hydrolysis) is 1. The van der Waals surface area contributed by atoms with Crippen molar-refractivity contribution >= 4 is 52.0 Å². The van der Waals surface area contributed by atoms with Crippen LogP contribution < -0.4 is 10.6 Å². The molecule has 148 valence electrons. The Bertz CT molecular complexity index is 618. The van der Waals surface area contributed by atoms with E-state index < -0.39 is 0 Å². The molecule has 2 rings (SSSR count). The number of rotatable bonds is 7. The molecule has 1 fully saturated rings. The average Bonchev–Trinajstić information content (AvgIpc) is 3.33. The zero-order chi connectivity index (χ0) is 18.4. The van der Waals surface area contributed by atoms with Crippen LogP contribution in [0, 0.1) is 5.92 Å². The number of ether oxygens (including phenoxy) is 1. The second kappa shape index (κ2) is 11.0. The molecule has 0 saturated heterocycles. The lowest BCUT2D eigenvalue weighted by Gasteiger charge is -2.25. The van der Waals surface area contributed by atoms with Crippen molar-refractivity contribution in [2.75, 3.05) is 27.2 Å². The maximum atomic E-state index is 11.7. The summed E-state index contributed by atoms with van der Waals surface area (Å²) >= 11 is 3.50. The van der Waals surface area contributed by atoms with Crippen LogP contribution >= 0.6 is 39.9 Å². The van der Waals surface area contributed by atoms with Crippen molar-refractivity contribution in [3.63, 3.8) is 0 Å². The Labute approximate surface area is 181 Å². The monoisotopic (exact) mass is 541 g/mol. The summed E-state index contributed by atoms with van der Waals surface area (Å²) in [6.07, 6.45) is 3.97. The van der Waals surface area contributed by atoms with E-state index in [9.17, 15) is 4.79 Å². The summed E-state index contributed by atoms with van der Waals surface area (Å²) in [4.78, 5) is 18.1. The molecule has 1 amide bonds. The minimum atomic E-state index is -0.349. The highest BCUT2D eigenvalue weighted by Gasteiger charge is 2.32. The zero-order valence-electron chi connectivity index (χ0n) is 15.8. The first-order valence-electron chi connectivity index (χ1n) is 8.60. The van der Waals surface area contributed by atoms with Gasteiger partial charge in [-0.3, -0.25) is 4.99 Å². The van der Waals surface area contributed by atoms with Gasteiger partial charge in [0.2, 0.25) is 0 Å². The Morgan fingerprint density at radius 3 is 2.73 bits per heavy atom. The predicted molar refractivity (Wildman–Crippen MR) is 118 cm³/mol. The predicted octanol–water partition coefficient (Wildman–Crippen LogP) is 2.94. The quantitative estimate of drug-likeness (QED) is 0.316. The molecule has 1 atom stereocenters. The molecule has 1 aromatic rings. The number of nitrogens with zero attached hydrogens (tertiary/aromatic N) is 3. The highest BCUT2D eigenvalue weighted by molar-refractivity contribution is 14.0. The van der Waals surface area contributed by atoms with Crippen molar-refractivity contribution in [2.24, 2.45) is 18.0 Å². The summed E-state index contributed by atoms with van der Waals surface area (Å²) in [5, 5.41) is 6.32. The van der Waals surface area contributed by atoms with E-state index in [1.807, 2.05) is 27.2 Å². The third-order valence-electron chi connectivity index (χ3n) is 4.30. The number of aromatic nitrogens is 1. The Morgan fingerprint density at radius 1 is 1.54 bits per heavy atom. The molecule has 0 aliphatic heterocycles. The average molecular weight is 542 g/mol. The first-order valence-corrected chi connectivity index (χ1v) is 9.39. The summed E-state index contributed by atoms with van der Waals surface area (Å²) < 4.78 is 8.15.